The summed E-state index contributed by atoms with van der Waals surface area (Å²) in [5.41, 5.74) is 2.19. The van der Waals surface area contributed by atoms with Crippen LogP contribution in [0.3, 0.4) is 0 Å². The number of benzene rings is 1. The summed E-state index contributed by atoms with van der Waals surface area (Å²) in [4.78, 5) is 4.37. The van der Waals surface area contributed by atoms with Crippen LogP contribution in [0.2, 0.25) is 0 Å². The highest BCUT2D eigenvalue weighted by molar-refractivity contribution is 7.99. The molecule has 1 aromatic rings. The van der Waals surface area contributed by atoms with Crippen molar-refractivity contribution in [2.45, 2.75) is 43.5 Å². The Morgan fingerprint density at radius 1 is 1.35 bits per heavy atom. The number of nitrogens with zero attached hydrogens (tertiary/aromatic N) is 1. The van der Waals surface area contributed by atoms with Gasteiger partial charge in [0, 0.05) is 30.4 Å². The molecule has 5 nitrogen and oxygen atoms in total. The summed E-state index contributed by atoms with van der Waals surface area (Å²) in [6, 6.07) is 4.63. The Morgan fingerprint density at radius 2 is 2.15 bits per heavy atom. The number of aliphatic imine (C=N–C) groups is 1. The minimum atomic E-state index is 0.500. The monoisotopic (exact) mass is 377 g/mol. The average molecular weight is 378 g/mol. The molecule has 1 fully saturated rings. The largest absolute Gasteiger partial charge is 0.493 e. The molecule has 1 aliphatic carbocycles. The molecule has 0 radical (unpaired) electrons. The first kappa shape index (κ1) is 20.5. The molecule has 1 aromatic carbocycles. The SMILES string of the molecule is C=CCc1cc(CNC(=NC)NC2CCC(SC)C2)cc(OC)c1OC. The summed E-state index contributed by atoms with van der Waals surface area (Å²) in [5, 5.41) is 7.72. The summed E-state index contributed by atoms with van der Waals surface area (Å²) in [6.07, 6.45) is 8.47. The Morgan fingerprint density at radius 3 is 2.73 bits per heavy atom. The number of rotatable bonds is 8. The quantitative estimate of drug-likeness (QED) is 0.413. The molecule has 2 atom stereocenters. The number of hydrogen-bond donors (Lipinski definition) is 2. The van der Waals surface area contributed by atoms with E-state index in [4.69, 9.17) is 9.47 Å². The fraction of sp³-hybridized carbons (Fsp3) is 0.550. The van der Waals surface area contributed by atoms with Crippen LogP contribution in [0.15, 0.2) is 29.8 Å². The van der Waals surface area contributed by atoms with Gasteiger partial charge in [-0.1, -0.05) is 6.08 Å². The van der Waals surface area contributed by atoms with Crippen molar-refractivity contribution < 1.29 is 9.47 Å². The lowest BCUT2D eigenvalue weighted by Gasteiger charge is -2.18. The van der Waals surface area contributed by atoms with Crippen molar-refractivity contribution in [3.8, 4) is 11.5 Å². The molecule has 0 aliphatic heterocycles. The van der Waals surface area contributed by atoms with E-state index in [-0.39, 0.29) is 0 Å². The van der Waals surface area contributed by atoms with Gasteiger partial charge in [-0.15, -0.1) is 6.58 Å². The van der Waals surface area contributed by atoms with Crippen LogP contribution in [0.5, 0.6) is 11.5 Å². The van der Waals surface area contributed by atoms with E-state index in [0.29, 0.717) is 12.6 Å². The third-order valence-corrected chi connectivity index (χ3v) is 5.82. The maximum Gasteiger partial charge on any atom is 0.191 e. The second-order valence-corrected chi connectivity index (χ2v) is 7.56. The van der Waals surface area contributed by atoms with Crippen LogP contribution >= 0.6 is 11.8 Å². The molecule has 0 aromatic heterocycles. The van der Waals surface area contributed by atoms with E-state index in [1.165, 1.54) is 19.3 Å². The molecule has 0 spiro atoms. The minimum Gasteiger partial charge on any atom is -0.493 e. The van der Waals surface area contributed by atoms with Crippen LogP contribution in [0.25, 0.3) is 0 Å². The minimum absolute atomic E-state index is 0.500. The molecule has 0 bridgehead atoms. The molecule has 1 aliphatic rings. The third kappa shape index (κ3) is 5.34. The fourth-order valence-electron chi connectivity index (χ4n) is 3.37. The zero-order chi connectivity index (χ0) is 18.9. The van der Waals surface area contributed by atoms with Crippen LogP contribution in [-0.2, 0) is 13.0 Å². The van der Waals surface area contributed by atoms with Gasteiger partial charge in [-0.2, -0.15) is 11.8 Å². The van der Waals surface area contributed by atoms with Crippen LogP contribution in [-0.4, -0.2) is 44.8 Å². The summed E-state index contributed by atoms with van der Waals surface area (Å²) in [5.74, 6) is 2.36. The Labute approximate surface area is 161 Å². The fourth-order valence-corrected chi connectivity index (χ4v) is 4.17. The molecular weight excluding hydrogens is 346 g/mol. The average Bonchev–Trinajstić information content (AvgIpc) is 3.12. The highest BCUT2D eigenvalue weighted by Gasteiger charge is 2.24. The maximum atomic E-state index is 5.50. The van der Waals surface area contributed by atoms with Gasteiger partial charge in [0.15, 0.2) is 17.5 Å². The van der Waals surface area contributed by atoms with Gasteiger partial charge in [0.05, 0.1) is 14.2 Å². The van der Waals surface area contributed by atoms with Crippen molar-refractivity contribution in [3.05, 3.63) is 35.9 Å². The predicted octanol–water partition coefficient (Wildman–Crippen LogP) is 3.38. The zero-order valence-electron chi connectivity index (χ0n) is 16.3. The van der Waals surface area contributed by atoms with Gasteiger partial charge in [-0.05, 0) is 49.6 Å². The molecule has 26 heavy (non-hydrogen) atoms. The molecule has 0 heterocycles. The number of thioether (sulfide) groups is 1. The predicted molar refractivity (Wildman–Crippen MR) is 112 cm³/mol. The third-order valence-electron chi connectivity index (χ3n) is 4.72. The Kier molecular flexibility index (Phi) is 8.16. The Hall–Kier alpha value is -1.82. The number of guanidine groups is 1. The van der Waals surface area contributed by atoms with Gasteiger partial charge in [-0.25, -0.2) is 0 Å². The second-order valence-electron chi connectivity index (χ2n) is 6.42. The van der Waals surface area contributed by atoms with Crippen molar-refractivity contribution in [2.24, 2.45) is 4.99 Å². The van der Waals surface area contributed by atoms with Gasteiger partial charge in [0.2, 0.25) is 0 Å². The van der Waals surface area contributed by atoms with E-state index in [9.17, 15) is 0 Å². The van der Waals surface area contributed by atoms with Gasteiger partial charge in [-0.3, -0.25) is 4.99 Å². The molecular formula is C20H31N3O2S. The number of hydrogen-bond acceptors (Lipinski definition) is 4. The second kappa shape index (κ2) is 10.4. The van der Waals surface area contributed by atoms with Crippen molar-refractivity contribution in [1.82, 2.24) is 10.6 Å². The van der Waals surface area contributed by atoms with Gasteiger partial charge >= 0.3 is 0 Å². The first-order valence-corrected chi connectivity index (χ1v) is 10.3. The van der Waals surface area contributed by atoms with E-state index >= 15 is 0 Å². The van der Waals surface area contributed by atoms with Crippen LogP contribution < -0.4 is 20.1 Å². The number of allylic oxidation sites excluding steroid dienone is 1. The number of methoxy groups -OCH3 is 2. The lowest BCUT2D eigenvalue weighted by molar-refractivity contribution is 0.352. The highest BCUT2D eigenvalue weighted by atomic mass is 32.2. The van der Waals surface area contributed by atoms with Crippen molar-refractivity contribution >= 4 is 17.7 Å². The van der Waals surface area contributed by atoms with E-state index < -0.39 is 0 Å². The van der Waals surface area contributed by atoms with E-state index in [2.05, 4.69) is 34.5 Å². The molecule has 0 amide bonds. The topological polar surface area (TPSA) is 54.9 Å². The van der Waals surface area contributed by atoms with E-state index in [1.807, 2.05) is 31.0 Å². The van der Waals surface area contributed by atoms with Crippen LogP contribution in [0, 0.1) is 0 Å². The number of ether oxygens (including phenoxy) is 2. The number of nitrogens with one attached hydrogen (secondary N) is 2. The zero-order valence-corrected chi connectivity index (χ0v) is 17.1. The van der Waals surface area contributed by atoms with Gasteiger partial charge in [0.25, 0.3) is 0 Å². The lowest BCUT2D eigenvalue weighted by atomic mass is 10.1. The van der Waals surface area contributed by atoms with Gasteiger partial charge in [0.1, 0.15) is 0 Å². The molecule has 144 valence electrons. The summed E-state index contributed by atoms with van der Waals surface area (Å²) in [7, 11) is 5.14. The molecule has 2 unspecified atom stereocenters. The van der Waals surface area contributed by atoms with Crippen LogP contribution in [0.4, 0.5) is 0 Å². The van der Waals surface area contributed by atoms with E-state index in [1.54, 1.807) is 14.2 Å². The van der Waals surface area contributed by atoms with Crippen molar-refractivity contribution in [2.75, 3.05) is 27.5 Å². The van der Waals surface area contributed by atoms with Crippen molar-refractivity contribution in [3.63, 3.8) is 0 Å². The molecule has 1 saturated carbocycles. The molecule has 0 saturated heterocycles. The first-order valence-electron chi connectivity index (χ1n) is 8.99. The molecule has 6 heteroatoms. The van der Waals surface area contributed by atoms with Crippen molar-refractivity contribution in [1.29, 1.82) is 0 Å². The highest BCUT2D eigenvalue weighted by Crippen LogP contribution is 2.33. The Balaban J connectivity index is 2.02. The summed E-state index contributed by atoms with van der Waals surface area (Å²) >= 11 is 1.96. The molecule has 2 rings (SSSR count). The Bertz CT molecular complexity index is 634. The van der Waals surface area contributed by atoms with Gasteiger partial charge < -0.3 is 20.1 Å². The maximum absolute atomic E-state index is 5.50. The first-order chi connectivity index (χ1) is 12.6. The standard InChI is InChI=1S/C20H31N3O2S/c1-6-7-15-10-14(11-18(24-3)19(15)25-4)13-22-20(21-2)23-16-8-9-17(12-16)26-5/h6,10-11,16-17H,1,7-9,12-13H2,2-5H3,(H2,21,22,23). The normalized spacial score (nSPS) is 19.9. The smallest absolute Gasteiger partial charge is 0.191 e. The summed E-state index contributed by atoms with van der Waals surface area (Å²) in [6.45, 7) is 4.50. The lowest BCUT2D eigenvalue weighted by Crippen LogP contribution is -2.42. The molecule has 2 N–H and O–H groups in total. The van der Waals surface area contributed by atoms with Crippen LogP contribution in [0.1, 0.15) is 30.4 Å². The van der Waals surface area contributed by atoms with E-state index in [0.717, 1.165) is 40.3 Å². The summed E-state index contributed by atoms with van der Waals surface area (Å²) < 4.78 is 11.0.